The van der Waals surface area contributed by atoms with Crippen LogP contribution in [0.2, 0.25) is 0 Å². The normalized spacial score (nSPS) is 19.7. The van der Waals surface area contributed by atoms with Crippen LogP contribution in [0.25, 0.3) is 0 Å². The minimum atomic E-state index is 0.606. The minimum absolute atomic E-state index is 0.606. The highest BCUT2D eigenvalue weighted by molar-refractivity contribution is 7.99. The van der Waals surface area contributed by atoms with Gasteiger partial charge in [0.1, 0.15) is 12.4 Å². The van der Waals surface area contributed by atoms with Crippen LogP contribution in [0.5, 0.6) is 0 Å². The quantitative estimate of drug-likeness (QED) is 0.460. The zero-order valence-corrected chi connectivity index (χ0v) is 17.5. The molecule has 0 bridgehead atoms. The van der Waals surface area contributed by atoms with E-state index in [2.05, 4.69) is 62.2 Å². The fourth-order valence-corrected chi connectivity index (χ4v) is 5.00. The largest absolute Gasteiger partial charge is 0.357 e. The van der Waals surface area contributed by atoms with Crippen LogP contribution in [0.3, 0.4) is 0 Å². The van der Waals surface area contributed by atoms with Gasteiger partial charge in [-0.1, -0.05) is 18.2 Å². The molecule has 0 radical (unpaired) electrons. The van der Waals surface area contributed by atoms with Crippen LogP contribution in [0, 0.1) is 5.92 Å². The number of hydrogen-bond acceptors (Lipinski definition) is 4. The third-order valence-corrected chi connectivity index (χ3v) is 6.70. The molecule has 1 unspecified atom stereocenters. The molecule has 0 saturated carbocycles. The van der Waals surface area contributed by atoms with E-state index in [4.69, 9.17) is 4.99 Å². The summed E-state index contributed by atoms with van der Waals surface area (Å²) in [5, 5.41) is 12.2. The molecule has 1 atom stereocenters. The summed E-state index contributed by atoms with van der Waals surface area (Å²) in [4.78, 5) is 8.67. The number of aromatic nitrogens is 3. The second kappa shape index (κ2) is 9.45. The summed E-state index contributed by atoms with van der Waals surface area (Å²) in [5.41, 5.74) is 0. The number of guanidine groups is 1. The van der Waals surface area contributed by atoms with E-state index >= 15 is 0 Å². The van der Waals surface area contributed by atoms with Crippen molar-refractivity contribution in [3.05, 3.63) is 42.0 Å². The summed E-state index contributed by atoms with van der Waals surface area (Å²) in [6.45, 7) is 6.80. The summed E-state index contributed by atoms with van der Waals surface area (Å²) < 4.78 is 2.26. The van der Waals surface area contributed by atoms with Crippen LogP contribution in [0.4, 0.5) is 0 Å². The standard InChI is InChI=1S/C21H30N6S/c1-2-22-21(23-14-20-25-24-19-10-6-7-12-27(19)20)26-13-11-17(15-26)16-28-18-8-4-3-5-9-18/h3-5,8-9,17H,2,6-7,10-16H2,1H3,(H,22,23). The molecule has 0 spiro atoms. The van der Waals surface area contributed by atoms with Crippen LogP contribution in [0.15, 0.2) is 40.2 Å². The molecule has 7 heteroatoms. The van der Waals surface area contributed by atoms with E-state index in [-0.39, 0.29) is 0 Å². The third kappa shape index (κ3) is 4.69. The van der Waals surface area contributed by atoms with Crippen molar-refractivity contribution in [1.29, 1.82) is 0 Å². The Morgan fingerprint density at radius 1 is 1.21 bits per heavy atom. The van der Waals surface area contributed by atoms with E-state index in [0.29, 0.717) is 12.5 Å². The monoisotopic (exact) mass is 398 g/mol. The molecular weight excluding hydrogens is 368 g/mol. The Hall–Kier alpha value is -2.02. The van der Waals surface area contributed by atoms with Gasteiger partial charge < -0.3 is 14.8 Å². The SMILES string of the molecule is CCNC(=NCc1nnc2n1CCCC2)N1CCC(CSc2ccccc2)C1. The van der Waals surface area contributed by atoms with E-state index in [0.717, 1.165) is 56.0 Å². The fraction of sp³-hybridized carbons (Fsp3) is 0.571. The summed E-state index contributed by atoms with van der Waals surface area (Å²) in [6.07, 6.45) is 4.71. The van der Waals surface area contributed by atoms with Crippen LogP contribution in [0.1, 0.15) is 37.8 Å². The number of fused-ring (bicyclic) bond motifs is 1. The van der Waals surface area contributed by atoms with Crippen molar-refractivity contribution >= 4 is 17.7 Å². The molecule has 0 amide bonds. The number of rotatable bonds is 6. The van der Waals surface area contributed by atoms with E-state index in [9.17, 15) is 0 Å². The molecule has 2 aromatic rings. The van der Waals surface area contributed by atoms with Gasteiger partial charge in [0.05, 0.1) is 0 Å². The molecule has 0 aliphatic carbocycles. The van der Waals surface area contributed by atoms with Crippen LogP contribution < -0.4 is 5.32 Å². The van der Waals surface area contributed by atoms with Gasteiger partial charge in [0.25, 0.3) is 0 Å². The smallest absolute Gasteiger partial charge is 0.194 e. The van der Waals surface area contributed by atoms with Gasteiger partial charge in [-0.15, -0.1) is 22.0 Å². The highest BCUT2D eigenvalue weighted by Crippen LogP contribution is 2.26. The number of hydrogen-bond donors (Lipinski definition) is 1. The van der Waals surface area contributed by atoms with E-state index in [1.54, 1.807) is 0 Å². The maximum Gasteiger partial charge on any atom is 0.194 e. The van der Waals surface area contributed by atoms with Crippen LogP contribution >= 0.6 is 11.8 Å². The first-order chi connectivity index (χ1) is 13.8. The summed E-state index contributed by atoms with van der Waals surface area (Å²) in [7, 11) is 0. The average molecular weight is 399 g/mol. The van der Waals surface area contributed by atoms with Gasteiger partial charge >= 0.3 is 0 Å². The number of nitrogens with one attached hydrogen (secondary N) is 1. The highest BCUT2D eigenvalue weighted by atomic mass is 32.2. The van der Waals surface area contributed by atoms with Gasteiger partial charge in [0.15, 0.2) is 11.8 Å². The topological polar surface area (TPSA) is 58.3 Å². The molecule has 1 aromatic carbocycles. The van der Waals surface area contributed by atoms with Crippen molar-refractivity contribution in [3.8, 4) is 0 Å². The number of aliphatic imine (C=N–C) groups is 1. The first-order valence-electron chi connectivity index (χ1n) is 10.5. The molecule has 3 heterocycles. The molecule has 4 rings (SSSR count). The molecule has 1 aromatic heterocycles. The first-order valence-corrected chi connectivity index (χ1v) is 11.4. The van der Waals surface area contributed by atoms with Gasteiger partial charge in [-0.25, -0.2) is 4.99 Å². The predicted octanol–water partition coefficient (Wildman–Crippen LogP) is 3.19. The van der Waals surface area contributed by atoms with Crippen LogP contribution in [-0.2, 0) is 19.5 Å². The van der Waals surface area contributed by atoms with E-state index in [1.165, 1.54) is 24.2 Å². The number of aryl methyl sites for hydroxylation is 1. The fourth-order valence-electron chi connectivity index (χ4n) is 3.95. The Morgan fingerprint density at radius 3 is 2.96 bits per heavy atom. The van der Waals surface area contributed by atoms with E-state index in [1.807, 2.05) is 11.8 Å². The molecule has 28 heavy (non-hydrogen) atoms. The molecule has 2 aliphatic heterocycles. The van der Waals surface area contributed by atoms with Crippen molar-refractivity contribution in [2.45, 2.75) is 50.6 Å². The second-order valence-corrected chi connectivity index (χ2v) is 8.63. The van der Waals surface area contributed by atoms with Crippen molar-refractivity contribution in [2.75, 3.05) is 25.4 Å². The molecule has 2 aliphatic rings. The lowest BCUT2D eigenvalue weighted by atomic mass is 10.2. The van der Waals surface area contributed by atoms with Gasteiger partial charge in [0, 0.05) is 43.2 Å². The molecule has 1 N–H and O–H groups in total. The van der Waals surface area contributed by atoms with Gasteiger partial charge in [-0.2, -0.15) is 0 Å². The van der Waals surface area contributed by atoms with Crippen LogP contribution in [-0.4, -0.2) is 51.0 Å². The van der Waals surface area contributed by atoms with Crippen molar-refractivity contribution in [3.63, 3.8) is 0 Å². The van der Waals surface area contributed by atoms with Crippen molar-refractivity contribution in [2.24, 2.45) is 10.9 Å². The number of thioether (sulfide) groups is 1. The highest BCUT2D eigenvalue weighted by Gasteiger charge is 2.25. The summed E-state index contributed by atoms with van der Waals surface area (Å²) >= 11 is 1.96. The lowest BCUT2D eigenvalue weighted by Crippen LogP contribution is -2.40. The minimum Gasteiger partial charge on any atom is -0.357 e. The molecular formula is C21H30N6S. The maximum absolute atomic E-state index is 4.90. The van der Waals surface area contributed by atoms with Gasteiger partial charge in [-0.3, -0.25) is 0 Å². The third-order valence-electron chi connectivity index (χ3n) is 5.46. The Kier molecular flexibility index (Phi) is 6.52. The molecule has 1 fully saturated rings. The summed E-state index contributed by atoms with van der Waals surface area (Å²) in [5.74, 6) is 5.01. The zero-order chi connectivity index (χ0) is 19.2. The Labute approximate surface area is 171 Å². The number of benzene rings is 1. The lowest BCUT2D eigenvalue weighted by Gasteiger charge is -2.22. The van der Waals surface area contributed by atoms with Gasteiger partial charge in [0.2, 0.25) is 0 Å². The molecule has 150 valence electrons. The second-order valence-electron chi connectivity index (χ2n) is 7.54. The summed E-state index contributed by atoms with van der Waals surface area (Å²) in [6, 6.07) is 10.7. The molecule has 6 nitrogen and oxygen atoms in total. The molecule has 1 saturated heterocycles. The Morgan fingerprint density at radius 2 is 2.11 bits per heavy atom. The predicted molar refractivity (Wildman–Crippen MR) is 115 cm³/mol. The Bertz CT molecular complexity index is 787. The maximum atomic E-state index is 4.90. The lowest BCUT2D eigenvalue weighted by molar-refractivity contribution is 0.472. The Balaban J connectivity index is 1.35. The number of nitrogens with zero attached hydrogens (tertiary/aromatic N) is 5. The average Bonchev–Trinajstić information content (AvgIpc) is 3.38. The van der Waals surface area contributed by atoms with E-state index < -0.39 is 0 Å². The zero-order valence-electron chi connectivity index (χ0n) is 16.7. The van der Waals surface area contributed by atoms with Crippen molar-refractivity contribution in [1.82, 2.24) is 25.0 Å². The van der Waals surface area contributed by atoms with Gasteiger partial charge in [-0.05, 0) is 44.2 Å². The number of likely N-dealkylation sites (tertiary alicyclic amines) is 1. The first kappa shape index (κ1) is 19.3. The van der Waals surface area contributed by atoms with Crippen molar-refractivity contribution < 1.29 is 0 Å².